The number of aryl methyl sites for hydroxylation is 2. The smallest absolute Gasteiger partial charge is 0.161 e. The highest BCUT2D eigenvalue weighted by Gasteiger charge is 2.18. The van der Waals surface area contributed by atoms with E-state index in [1.165, 1.54) is 5.56 Å². The van der Waals surface area contributed by atoms with Crippen LogP contribution in [0.5, 0.6) is 17.2 Å². The number of phenols is 1. The molecule has 0 unspecified atom stereocenters. The molecule has 4 aromatic rings. The number of hydrogen-bond donors (Lipinski definition) is 3. The minimum atomic E-state index is -0.691. The molecule has 0 bridgehead atoms. The third-order valence-electron chi connectivity index (χ3n) is 8.23. The summed E-state index contributed by atoms with van der Waals surface area (Å²) in [6.45, 7) is 0.451. The van der Waals surface area contributed by atoms with Crippen LogP contribution in [0.3, 0.4) is 0 Å². The lowest BCUT2D eigenvalue weighted by Gasteiger charge is -2.19. The Morgan fingerprint density at radius 3 is 2.34 bits per heavy atom. The molecule has 4 rings (SSSR count). The van der Waals surface area contributed by atoms with Crippen LogP contribution in [0.4, 0.5) is 0 Å². The molecular formula is C38H46O6. The Morgan fingerprint density at radius 2 is 1.55 bits per heavy atom. The Morgan fingerprint density at radius 1 is 0.773 bits per heavy atom. The van der Waals surface area contributed by atoms with E-state index in [1.54, 1.807) is 19.2 Å². The Kier molecular flexibility index (Phi) is 13.1. The number of aliphatic hydroxyl groups is 2. The second kappa shape index (κ2) is 17.4. The molecule has 0 heterocycles. The number of rotatable bonds is 19. The third-order valence-corrected chi connectivity index (χ3v) is 8.23. The molecule has 234 valence electrons. The molecule has 0 saturated heterocycles. The molecule has 0 aliphatic carbocycles. The fourth-order valence-corrected chi connectivity index (χ4v) is 5.79. The van der Waals surface area contributed by atoms with Gasteiger partial charge in [0.2, 0.25) is 0 Å². The first kappa shape index (κ1) is 33.0. The molecule has 4 aromatic carbocycles. The van der Waals surface area contributed by atoms with Crippen molar-refractivity contribution in [1.29, 1.82) is 0 Å². The van der Waals surface area contributed by atoms with Gasteiger partial charge in [-0.05, 0) is 95.8 Å². The maximum atomic E-state index is 12.8. The van der Waals surface area contributed by atoms with Crippen LogP contribution in [0.1, 0.15) is 68.1 Å². The number of methoxy groups -OCH3 is 1. The standard InChI is InChI=1S/C38H46O6/c1-43-37-19-14-30(24-38(37)44-27-31-12-15-33-25-34(40)18-16-32(33)22-31)13-17-35(41)26-36(42)23-29(20-21-39)11-7-3-6-10-28-8-4-2-5-9-28/h2,4-5,8-9,12,14-16,18-19,22,24-25,29,36,39-40,42H,3,6-7,10-11,13,17,20-21,23,26-27H2,1H3/t29-,36-/m0/s1. The number of carbonyl (C=O) groups is 1. The van der Waals surface area contributed by atoms with E-state index in [2.05, 4.69) is 24.3 Å². The number of unbranched alkanes of at least 4 members (excludes halogenated alkanes) is 2. The average Bonchev–Trinajstić information content (AvgIpc) is 3.03. The fourth-order valence-electron chi connectivity index (χ4n) is 5.79. The summed E-state index contributed by atoms with van der Waals surface area (Å²) in [6.07, 6.45) is 6.86. The zero-order valence-electron chi connectivity index (χ0n) is 25.8. The summed E-state index contributed by atoms with van der Waals surface area (Å²) in [5, 5.41) is 31.9. The Labute approximate surface area is 261 Å². The van der Waals surface area contributed by atoms with E-state index >= 15 is 0 Å². The molecule has 2 atom stereocenters. The summed E-state index contributed by atoms with van der Waals surface area (Å²) in [5.74, 6) is 1.72. The number of Topliss-reactive ketones (excluding diaryl/α,β-unsaturated/α-hetero) is 1. The van der Waals surface area contributed by atoms with Gasteiger partial charge < -0.3 is 24.8 Å². The third kappa shape index (κ3) is 10.7. The van der Waals surface area contributed by atoms with Gasteiger partial charge in [0, 0.05) is 19.4 Å². The van der Waals surface area contributed by atoms with E-state index in [4.69, 9.17) is 9.47 Å². The predicted octanol–water partition coefficient (Wildman–Crippen LogP) is 7.58. The van der Waals surface area contributed by atoms with Gasteiger partial charge in [-0.3, -0.25) is 4.79 Å². The number of phenolic OH excluding ortho intramolecular Hbond substituents is 1. The molecule has 0 aliphatic rings. The van der Waals surface area contributed by atoms with Crippen LogP contribution in [0.15, 0.2) is 84.9 Å². The Bertz CT molecular complexity index is 1450. The van der Waals surface area contributed by atoms with Crippen molar-refractivity contribution in [3.8, 4) is 17.2 Å². The molecule has 0 spiro atoms. The van der Waals surface area contributed by atoms with Crippen LogP contribution in [-0.2, 0) is 24.2 Å². The van der Waals surface area contributed by atoms with Crippen molar-refractivity contribution in [2.75, 3.05) is 13.7 Å². The van der Waals surface area contributed by atoms with Crippen molar-refractivity contribution in [2.45, 2.75) is 76.9 Å². The largest absolute Gasteiger partial charge is 0.508 e. The predicted molar refractivity (Wildman–Crippen MR) is 175 cm³/mol. The first-order chi connectivity index (χ1) is 21.4. The van der Waals surface area contributed by atoms with Crippen LogP contribution in [-0.4, -0.2) is 40.9 Å². The van der Waals surface area contributed by atoms with Gasteiger partial charge in [-0.1, -0.05) is 73.9 Å². The van der Waals surface area contributed by atoms with Gasteiger partial charge in [-0.25, -0.2) is 0 Å². The quantitative estimate of drug-likeness (QED) is 0.0964. The fraction of sp³-hybridized carbons (Fsp3) is 0.395. The van der Waals surface area contributed by atoms with E-state index in [1.807, 2.05) is 48.5 Å². The van der Waals surface area contributed by atoms with Crippen molar-refractivity contribution >= 4 is 16.6 Å². The summed E-state index contributed by atoms with van der Waals surface area (Å²) in [6, 6.07) is 27.4. The molecule has 0 radical (unpaired) electrons. The summed E-state index contributed by atoms with van der Waals surface area (Å²) in [5.41, 5.74) is 3.31. The molecule has 0 aromatic heterocycles. The zero-order valence-corrected chi connectivity index (χ0v) is 25.8. The first-order valence-electron chi connectivity index (χ1n) is 15.8. The average molecular weight is 599 g/mol. The van der Waals surface area contributed by atoms with Gasteiger partial charge in [0.1, 0.15) is 18.1 Å². The molecule has 0 saturated carbocycles. The molecule has 6 heteroatoms. The lowest BCUT2D eigenvalue weighted by atomic mass is 9.90. The van der Waals surface area contributed by atoms with Gasteiger partial charge in [-0.2, -0.15) is 0 Å². The molecule has 44 heavy (non-hydrogen) atoms. The van der Waals surface area contributed by atoms with E-state index < -0.39 is 6.10 Å². The minimum Gasteiger partial charge on any atom is -0.508 e. The van der Waals surface area contributed by atoms with Crippen molar-refractivity contribution in [3.63, 3.8) is 0 Å². The molecule has 0 fully saturated rings. The van der Waals surface area contributed by atoms with Crippen molar-refractivity contribution < 1.29 is 29.6 Å². The Hall–Kier alpha value is -3.87. The van der Waals surface area contributed by atoms with E-state index in [0.717, 1.165) is 54.0 Å². The normalized spacial score (nSPS) is 12.6. The monoisotopic (exact) mass is 598 g/mol. The van der Waals surface area contributed by atoms with Crippen molar-refractivity contribution in [3.05, 3.63) is 102 Å². The number of ketones is 1. The number of aromatic hydroxyl groups is 1. The maximum absolute atomic E-state index is 12.8. The number of benzene rings is 4. The van der Waals surface area contributed by atoms with Gasteiger partial charge in [0.25, 0.3) is 0 Å². The summed E-state index contributed by atoms with van der Waals surface area (Å²) in [7, 11) is 1.60. The summed E-state index contributed by atoms with van der Waals surface area (Å²) in [4.78, 5) is 12.8. The number of carbonyl (C=O) groups excluding carboxylic acids is 1. The highest BCUT2D eigenvalue weighted by Crippen LogP contribution is 2.30. The summed E-state index contributed by atoms with van der Waals surface area (Å²) >= 11 is 0. The van der Waals surface area contributed by atoms with Crippen LogP contribution < -0.4 is 9.47 Å². The molecule has 3 N–H and O–H groups in total. The molecule has 0 amide bonds. The first-order valence-corrected chi connectivity index (χ1v) is 15.8. The number of aliphatic hydroxyl groups excluding tert-OH is 2. The lowest BCUT2D eigenvalue weighted by molar-refractivity contribution is -0.121. The second-order valence-electron chi connectivity index (χ2n) is 11.7. The van der Waals surface area contributed by atoms with Crippen molar-refractivity contribution in [1.82, 2.24) is 0 Å². The summed E-state index contributed by atoms with van der Waals surface area (Å²) < 4.78 is 11.6. The highest BCUT2D eigenvalue weighted by molar-refractivity contribution is 5.84. The van der Waals surface area contributed by atoms with Crippen molar-refractivity contribution in [2.24, 2.45) is 5.92 Å². The minimum absolute atomic E-state index is 0.0311. The molecule has 6 nitrogen and oxygen atoms in total. The molecule has 0 aliphatic heterocycles. The van der Waals surface area contributed by atoms with Crippen LogP contribution in [0.25, 0.3) is 10.8 Å². The van der Waals surface area contributed by atoms with Gasteiger partial charge in [-0.15, -0.1) is 0 Å². The lowest BCUT2D eigenvalue weighted by Crippen LogP contribution is -2.19. The SMILES string of the molecule is COc1ccc(CCC(=O)C[C@@H](O)C[C@H](CCO)CCCCCc2ccccc2)cc1OCc1ccc2cc(O)ccc2c1. The van der Waals surface area contributed by atoms with E-state index in [0.29, 0.717) is 43.8 Å². The number of fused-ring (bicyclic) bond motifs is 1. The second-order valence-corrected chi connectivity index (χ2v) is 11.7. The van der Waals surface area contributed by atoms with Crippen LogP contribution in [0.2, 0.25) is 0 Å². The number of hydrogen-bond acceptors (Lipinski definition) is 6. The zero-order chi connectivity index (χ0) is 31.1. The van der Waals surface area contributed by atoms with E-state index in [-0.39, 0.29) is 30.5 Å². The number of ether oxygens (including phenoxy) is 2. The highest BCUT2D eigenvalue weighted by atomic mass is 16.5. The van der Waals surface area contributed by atoms with Gasteiger partial charge in [0.05, 0.1) is 13.2 Å². The van der Waals surface area contributed by atoms with Crippen LogP contribution in [0, 0.1) is 5.92 Å². The van der Waals surface area contributed by atoms with Gasteiger partial charge in [0.15, 0.2) is 11.5 Å². The molecular weight excluding hydrogens is 552 g/mol. The Balaban J connectivity index is 1.21. The van der Waals surface area contributed by atoms with Crippen LogP contribution >= 0.6 is 0 Å². The maximum Gasteiger partial charge on any atom is 0.161 e. The van der Waals surface area contributed by atoms with E-state index in [9.17, 15) is 20.1 Å². The van der Waals surface area contributed by atoms with Gasteiger partial charge >= 0.3 is 0 Å². The topological polar surface area (TPSA) is 96.2 Å².